The van der Waals surface area contributed by atoms with Crippen molar-refractivity contribution in [1.29, 1.82) is 0 Å². The van der Waals surface area contributed by atoms with Gasteiger partial charge in [-0.1, -0.05) is 86.4 Å². The van der Waals surface area contributed by atoms with E-state index in [9.17, 15) is 10.2 Å². The Balaban J connectivity index is 2.47. The molecule has 184 valence electrons. The number of phenolic OH excluding ortho intramolecular Hbond substituents is 2. The summed E-state index contributed by atoms with van der Waals surface area (Å²) in [7, 11) is 0. The van der Waals surface area contributed by atoms with Crippen molar-refractivity contribution in [3.8, 4) is 11.5 Å². The Morgan fingerprint density at radius 1 is 0.788 bits per heavy atom. The highest BCUT2D eigenvalue weighted by Gasteiger charge is 2.25. The van der Waals surface area contributed by atoms with Crippen molar-refractivity contribution in [1.82, 2.24) is 0 Å². The molecule has 0 aliphatic carbocycles. The van der Waals surface area contributed by atoms with E-state index < -0.39 is 0 Å². The fourth-order valence-electron chi connectivity index (χ4n) is 4.31. The van der Waals surface area contributed by atoms with E-state index in [0.29, 0.717) is 11.5 Å². The smallest absolute Gasteiger partial charge is 0.122 e. The minimum Gasteiger partial charge on any atom is -0.508 e. The van der Waals surface area contributed by atoms with Crippen LogP contribution in [-0.4, -0.2) is 10.2 Å². The second-order valence-corrected chi connectivity index (χ2v) is 13.2. The van der Waals surface area contributed by atoms with Crippen LogP contribution in [0.3, 0.4) is 0 Å². The average Bonchev–Trinajstić information content (AvgIpc) is 2.65. The Labute approximate surface area is 207 Å². The molecule has 0 aliphatic rings. The van der Waals surface area contributed by atoms with Crippen molar-refractivity contribution in [2.75, 3.05) is 0 Å². The van der Waals surface area contributed by atoms with Crippen LogP contribution >= 0.6 is 11.8 Å². The molecule has 2 nitrogen and oxygen atoms in total. The molecule has 0 amide bonds. The highest BCUT2D eigenvalue weighted by atomic mass is 32.2. The minimum absolute atomic E-state index is 0.130. The SMILES string of the molecule is Cc1cc(O)c(C(C)(C)C)cc1Sc1cc(C(C)(C)C)c(O)c(CCCCCC(C)C)c1C. The quantitative estimate of drug-likeness (QED) is 0.378. The molecule has 0 unspecified atom stereocenters. The van der Waals surface area contributed by atoms with Gasteiger partial charge in [0.2, 0.25) is 0 Å². The lowest BCUT2D eigenvalue weighted by Gasteiger charge is -2.26. The van der Waals surface area contributed by atoms with E-state index >= 15 is 0 Å². The first-order valence-electron chi connectivity index (χ1n) is 12.5. The van der Waals surface area contributed by atoms with Crippen LogP contribution in [0.2, 0.25) is 0 Å². The largest absolute Gasteiger partial charge is 0.508 e. The maximum absolute atomic E-state index is 11.2. The number of benzene rings is 2. The van der Waals surface area contributed by atoms with Gasteiger partial charge in [-0.15, -0.1) is 0 Å². The van der Waals surface area contributed by atoms with Gasteiger partial charge >= 0.3 is 0 Å². The van der Waals surface area contributed by atoms with E-state index in [0.717, 1.165) is 45.9 Å². The predicted octanol–water partition coefficient (Wildman–Crippen LogP) is 9.22. The summed E-state index contributed by atoms with van der Waals surface area (Å²) in [5.41, 5.74) is 5.06. The molecule has 2 aromatic carbocycles. The van der Waals surface area contributed by atoms with Crippen molar-refractivity contribution in [3.63, 3.8) is 0 Å². The van der Waals surface area contributed by atoms with Crippen molar-refractivity contribution in [2.24, 2.45) is 5.92 Å². The lowest BCUT2D eigenvalue weighted by molar-refractivity contribution is 0.436. The summed E-state index contributed by atoms with van der Waals surface area (Å²) in [5, 5.41) is 21.8. The number of aryl methyl sites for hydroxylation is 1. The van der Waals surface area contributed by atoms with Crippen molar-refractivity contribution in [3.05, 3.63) is 46.0 Å². The Hall–Kier alpha value is -1.61. The molecule has 2 N–H and O–H groups in total. The Bertz CT molecular complexity index is 959. The number of unbranched alkanes of at least 4 members (excludes halogenated alkanes) is 2. The molecule has 0 radical (unpaired) electrons. The second-order valence-electron chi connectivity index (χ2n) is 12.1. The topological polar surface area (TPSA) is 40.5 Å². The summed E-state index contributed by atoms with van der Waals surface area (Å²) < 4.78 is 0. The molecular formula is C30H46O2S. The Morgan fingerprint density at radius 3 is 1.91 bits per heavy atom. The summed E-state index contributed by atoms with van der Waals surface area (Å²) in [6, 6.07) is 6.21. The van der Waals surface area contributed by atoms with Crippen LogP contribution in [0.4, 0.5) is 0 Å². The molecule has 2 aromatic rings. The lowest BCUT2D eigenvalue weighted by Crippen LogP contribution is -2.13. The Kier molecular flexibility index (Phi) is 9.01. The molecular weight excluding hydrogens is 424 g/mol. The number of aromatic hydroxyl groups is 2. The Morgan fingerprint density at radius 2 is 1.36 bits per heavy atom. The number of rotatable bonds is 8. The lowest BCUT2D eigenvalue weighted by atomic mass is 9.83. The van der Waals surface area contributed by atoms with E-state index in [1.54, 1.807) is 11.8 Å². The van der Waals surface area contributed by atoms with Crippen LogP contribution in [0.25, 0.3) is 0 Å². The molecule has 0 bridgehead atoms. The van der Waals surface area contributed by atoms with Gasteiger partial charge in [0, 0.05) is 20.9 Å². The van der Waals surface area contributed by atoms with E-state index in [4.69, 9.17) is 0 Å². The maximum Gasteiger partial charge on any atom is 0.122 e. The van der Waals surface area contributed by atoms with Gasteiger partial charge in [0.15, 0.2) is 0 Å². The predicted molar refractivity (Wildman–Crippen MR) is 144 cm³/mol. The van der Waals surface area contributed by atoms with Crippen LogP contribution < -0.4 is 0 Å². The molecule has 0 saturated carbocycles. The zero-order chi connectivity index (χ0) is 25.1. The van der Waals surface area contributed by atoms with Crippen LogP contribution in [0.5, 0.6) is 11.5 Å². The maximum atomic E-state index is 11.2. The van der Waals surface area contributed by atoms with E-state index in [1.807, 2.05) is 6.07 Å². The molecule has 3 heteroatoms. The van der Waals surface area contributed by atoms with Crippen LogP contribution in [0.1, 0.15) is 109 Å². The average molecular weight is 471 g/mol. The number of hydrogen-bond donors (Lipinski definition) is 2. The number of hydrogen-bond acceptors (Lipinski definition) is 3. The third kappa shape index (κ3) is 7.18. The van der Waals surface area contributed by atoms with Gasteiger partial charge in [-0.2, -0.15) is 0 Å². The second kappa shape index (κ2) is 10.8. The molecule has 0 aromatic heterocycles. The molecule has 33 heavy (non-hydrogen) atoms. The highest BCUT2D eigenvalue weighted by molar-refractivity contribution is 7.99. The van der Waals surface area contributed by atoms with E-state index in [1.165, 1.54) is 29.7 Å². The van der Waals surface area contributed by atoms with Crippen LogP contribution in [-0.2, 0) is 17.3 Å². The standard InChI is InChI=1S/C30H46O2S/c1-19(2)14-12-11-13-15-22-21(4)27(18-24(28(22)32)30(8,9)10)33-26-17-23(29(5,6)7)25(31)16-20(26)3/h16-19,31-32H,11-15H2,1-10H3. The fraction of sp³-hybridized carbons (Fsp3) is 0.600. The van der Waals surface area contributed by atoms with Crippen LogP contribution in [0, 0.1) is 19.8 Å². The van der Waals surface area contributed by atoms with E-state index in [-0.39, 0.29) is 10.8 Å². The van der Waals surface area contributed by atoms with Crippen molar-refractivity contribution in [2.45, 2.75) is 122 Å². The molecule has 0 saturated heterocycles. The molecule has 0 atom stereocenters. The summed E-state index contributed by atoms with van der Waals surface area (Å²) in [5.74, 6) is 1.59. The fourth-order valence-corrected chi connectivity index (χ4v) is 5.40. The molecule has 2 rings (SSSR count). The van der Waals surface area contributed by atoms with Crippen LogP contribution in [0.15, 0.2) is 28.0 Å². The molecule has 0 aliphatic heterocycles. The summed E-state index contributed by atoms with van der Waals surface area (Å²) in [6.07, 6.45) is 5.73. The summed E-state index contributed by atoms with van der Waals surface area (Å²) >= 11 is 1.76. The van der Waals surface area contributed by atoms with Gasteiger partial charge in [-0.25, -0.2) is 0 Å². The highest BCUT2D eigenvalue weighted by Crippen LogP contribution is 2.44. The van der Waals surface area contributed by atoms with Gasteiger partial charge in [0.25, 0.3) is 0 Å². The van der Waals surface area contributed by atoms with E-state index in [2.05, 4.69) is 81.4 Å². The van der Waals surface area contributed by atoms with Gasteiger partial charge in [0.1, 0.15) is 11.5 Å². The summed E-state index contributed by atoms with van der Waals surface area (Å²) in [4.78, 5) is 2.36. The minimum atomic E-state index is -0.139. The zero-order valence-corrected chi connectivity index (χ0v) is 23.5. The first kappa shape index (κ1) is 27.6. The third-order valence-corrected chi connectivity index (χ3v) is 7.78. The monoisotopic (exact) mass is 470 g/mol. The normalized spacial score (nSPS) is 12.6. The van der Waals surface area contributed by atoms with Gasteiger partial charge in [-0.05, 0) is 78.3 Å². The zero-order valence-electron chi connectivity index (χ0n) is 22.6. The summed E-state index contributed by atoms with van der Waals surface area (Å²) in [6.45, 7) is 21.7. The molecule has 0 fully saturated rings. The van der Waals surface area contributed by atoms with Crippen molar-refractivity contribution >= 4 is 11.8 Å². The van der Waals surface area contributed by atoms with Gasteiger partial charge in [0.05, 0.1) is 0 Å². The first-order chi connectivity index (χ1) is 15.1. The van der Waals surface area contributed by atoms with Crippen molar-refractivity contribution < 1.29 is 10.2 Å². The first-order valence-corrected chi connectivity index (χ1v) is 13.3. The molecule has 0 spiro atoms. The van der Waals surface area contributed by atoms with Gasteiger partial charge in [-0.3, -0.25) is 0 Å². The van der Waals surface area contributed by atoms with Gasteiger partial charge < -0.3 is 10.2 Å². The molecule has 0 heterocycles. The third-order valence-electron chi connectivity index (χ3n) is 6.48. The number of phenols is 2.